The van der Waals surface area contributed by atoms with E-state index in [1.54, 1.807) is 71.6 Å². The first-order valence-electron chi connectivity index (χ1n) is 14.3. The summed E-state index contributed by atoms with van der Waals surface area (Å²) in [5.74, 6) is -1.83. The van der Waals surface area contributed by atoms with Crippen molar-refractivity contribution < 1.29 is 23.8 Å². The van der Waals surface area contributed by atoms with Gasteiger partial charge in [-0.3, -0.25) is 14.2 Å². The number of anilines is 1. The van der Waals surface area contributed by atoms with Crippen LogP contribution in [0.1, 0.15) is 46.4 Å². The fraction of sp³-hybridized carbons (Fsp3) is 0.206. The Hall–Kier alpha value is -5.03. The summed E-state index contributed by atoms with van der Waals surface area (Å²) >= 11 is 0. The lowest BCUT2D eigenvalue weighted by Crippen LogP contribution is -2.38. The molecule has 3 aromatic carbocycles. The van der Waals surface area contributed by atoms with Crippen molar-refractivity contribution in [2.45, 2.75) is 44.2 Å². The van der Waals surface area contributed by atoms with E-state index in [0.717, 1.165) is 10.5 Å². The van der Waals surface area contributed by atoms with Crippen LogP contribution in [0.4, 0.5) is 5.82 Å². The van der Waals surface area contributed by atoms with Crippen LogP contribution in [0.2, 0.25) is 0 Å². The molecule has 0 aliphatic carbocycles. The molecule has 2 amide bonds. The molecule has 2 aliphatic rings. The van der Waals surface area contributed by atoms with Crippen molar-refractivity contribution in [2.24, 2.45) is 0 Å². The summed E-state index contributed by atoms with van der Waals surface area (Å²) in [6, 6.07) is 27.1. The molecule has 4 atom stereocenters. The number of carbonyl (C=O) groups excluding carboxylic acids is 2. The van der Waals surface area contributed by atoms with Gasteiger partial charge in [0.15, 0.2) is 29.0 Å². The normalized spacial score (nSPS) is 22.3. The lowest BCUT2D eigenvalue weighted by Gasteiger charge is -2.24. The molecule has 220 valence electrons. The average Bonchev–Trinajstić information content (AvgIpc) is 3.72. The first-order valence-corrected chi connectivity index (χ1v) is 14.3. The SMILES string of the molecule is CC1(C)OC2C(/C=C/c3ccccc3)OC(n3cnc4c(N(C(=O)c5ccccc5)C(=O)c5ccccc5)ncnc43)C2O1. The van der Waals surface area contributed by atoms with Crippen LogP contribution in [0.3, 0.4) is 0 Å². The number of ether oxygens (including phenoxy) is 3. The number of imidazole rings is 1. The monoisotopic (exact) mass is 587 g/mol. The smallest absolute Gasteiger partial charge is 0.266 e. The maximum absolute atomic E-state index is 13.9. The molecule has 2 fully saturated rings. The molecule has 0 spiro atoms. The maximum atomic E-state index is 13.9. The summed E-state index contributed by atoms with van der Waals surface area (Å²) in [5.41, 5.74) is 2.34. The van der Waals surface area contributed by atoms with Gasteiger partial charge in [-0.25, -0.2) is 19.9 Å². The van der Waals surface area contributed by atoms with Gasteiger partial charge in [0, 0.05) is 11.1 Å². The summed E-state index contributed by atoms with van der Waals surface area (Å²) < 4.78 is 20.8. The number of carbonyl (C=O) groups is 2. The van der Waals surface area contributed by atoms with Crippen molar-refractivity contribution in [1.82, 2.24) is 19.5 Å². The molecule has 0 bridgehead atoms. The van der Waals surface area contributed by atoms with E-state index in [1.807, 2.05) is 56.3 Å². The lowest BCUT2D eigenvalue weighted by atomic mass is 10.1. The number of nitrogens with zero attached hydrogens (tertiary/aromatic N) is 5. The molecule has 7 rings (SSSR count). The van der Waals surface area contributed by atoms with Gasteiger partial charge in [0.2, 0.25) is 0 Å². The minimum Gasteiger partial charge on any atom is -0.345 e. The Morgan fingerprint density at radius 3 is 2.02 bits per heavy atom. The van der Waals surface area contributed by atoms with Crippen molar-refractivity contribution in [3.8, 4) is 0 Å². The number of imide groups is 1. The molecule has 0 N–H and O–H groups in total. The largest absolute Gasteiger partial charge is 0.345 e. The van der Waals surface area contributed by atoms with Crippen molar-refractivity contribution in [3.63, 3.8) is 0 Å². The fourth-order valence-electron chi connectivity index (χ4n) is 5.65. The van der Waals surface area contributed by atoms with Crippen molar-refractivity contribution in [1.29, 1.82) is 0 Å². The first-order chi connectivity index (χ1) is 21.4. The molecule has 0 saturated carbocycles. The second-order valence-electron chi connectivity index (χ2n) is 11.0. The predicted octanol–water partition coefficient (Wildman–Crippen LogP) is 5.44. The minimum atomic E-state index is -0.826. The van der Waals surface area contributed by atoms with Gasteiger partial charge < -0.3 is 14.2 Å². The maximum Gasteiger partial charge on any atom is 0.266 e. The Bertz CT molecular complexity index is 1790. The highest BCUT2D eigenvalue weighted by Crippen LogP contribution is 2.44. The molecule has 10 heteroatoms. The quantitative estimate of drug-likeness (QED) is 0.242. The summed E-state index contributed by atoms with van der Waals surface area (Å²) in [7, 11) is 0. The third-order valence-electron chi connectivity index (χ3n) is 7.62. The zero-order chi connectivity index (χ0) is 30.3. The number of benzene rings is 3. The summed E-state index contributed by atoms with van der Waals surface area (Å²) in [5, 5.41) is 0. The molecule has 4 unspecified atom stereocenters. The molecule has 44 heavy (non-hydrogen) atoms. The van der Waals surface area contributed by atoms with Gasteiger partial charge >= 0.3 is 0 Å². The van der Waals surface area contributed by atoms with Crippen molar-refractivity contribution in [3.05, 3.63) is 126 Å². The molecular formula is C34H29N5O5. The third-order valence-corrected chi connectivity index (χ3v) is 7.62. The van der Waals surface area contributed by atoms with E-state index < -0.39 is 36.0 Å². The van der Waals surface area contributed by atoms with Crippen LogP contribution in [-0.2, 0) is 14.2 Å². The number of hydrogen-bond donors (Lipinski definition) is 0. The highest BCUT2D eigenvalue weighted by Gasteiger charge is 2.55. The van der Waals surface area contributed by atoms with E-state index in [4.69, 9.17) is 14.2 Å². The van der Waals surface area contributed by atoms with Gasteiger partial charge in [-0.1, -0.05) is 78.9 Å². The number of fused-ring (bicyclic) bond motifs is 2. The van der Waals surface area contributed by atoms with E-state index in [1.165, 1.54) is 6.33 Å². The third kappa shape index (κ3) is 5.09. The number of amides is 2. The van der Waals surface area contributed by atoms with Crippen LogP contribution >= 0.6 is 0 Å². The molecule has 2 saturated heterocycles. The van der Waals surface area contributed by atoms with Gasteiger partial charge in [-0.05, 0) is 43.7 Å². The summed E-state index contributed by atoms with van der Waals surface area (Å²) in [6.45, 7) is 3.74. The Labute approximate surface area is 253 Å². The molecule has 0 radical (unpaired) electrons. The van der Waals surface area contributed by atoms with Crippen LogP contribution < -0.4 is 4.90 Å². The van der Waals surface area contributed by atoms with Crippen LogP contribution in [0.5, 0.6) is 0 Å². The number of aromatic nitrogens is 4. The van der Waals surface area contributed by atoms with Gasteiger partial charge in [0.05, 0.1) is 6.33 Å². The molecule has 5 aromatic rings. The van der Waals surface area contributed by atoms with Crippen LogP contribution in [0, 0.1) is 0 Å². The lowest BCUT2D eigenvalue weighted by molar-refractivity contribution is -0.191. The van der Waals surface area contributed by atoms with Gasteiger partial charge in [0.25, 0.3) is 11.8 Å². The van der Waals surface area contributed by atoms with E-state index in [0.29, 0.717) is 16.8 Å². The second-order valence-corrected chi connectivity index (χ2v) is 11.0. The minimum absolute atomic E-state index is 0.0652. The van der Waals surface area contributed by atoms with Gasteiger partial charge in [-0.2, -0.15) is 0 Å². The van der Waals surface area contributed by atoms with Crippen LogP contribution in [0.25, 0.3) is 17.2 Å². The highest BCUT2D eigenvalue weighted by atomic mass is 16.8. The van der Waals surface area contributed by atoms with E-state index in [-0.39, 0.29) is 17.4 Å². The van der Waals surface area contributed by atoms with E-state index >= 15 is 0 Å². The molecule has 2 aliphatic heterocycles. The summed E-state index contributed by atoms with van der Waals surface area (Å²) in [6.07, 6.45) is 4.92. The Balaban J connectivity index is 1.28. The Morgan fingerprint density at radius 1 is 0.795 bits per heavy atom. The Morgan fingerprint density at radius 2 is 1.39 bits per heavy atom. The topological polar surface area (TPSA) is 109 Å². The average molecular weight is 588 g/mol. The van der Waals surface area contributed by atoms with Gasteiger partial charge in [-0.15, -0.1) is 0 Å². The zero-order valence-corrected chi connectivity index (χ0v) is 24.1. The predicted molar refractivity (Wildman–Crippen MR) is 163 cm³/mol. The van der Waals surface area contributed by atoms with Crippen molar-refractivity contribution >= 4 is 34.9 Å². The number of rotatable bonds is 6. The van der Waals surface area contributed by atoms with Crippen LogP contribution in [-0.4, -0.2) is 55.4 Å². The Kier molecular flexibility index (Phi) is 7.09. The van der Waals surface area contributed by atoms with Gasteiger partial charge in [0.1, 0.15) is 24.6 Å². The van der Waals surface area contributed by atoms with E-state index in [9.17, 15) is 9.59 Å². The van der Waals surface area contributed by atoms with Crippen LogP contribution in [0.15, 0.2) is 110 Å². The summed E-state index contributed by atoms with van der Waals surface area (Å²) in [4.78, 5) is 42.3. The fourth-order valence-corrected chi connectivity index (χ4v) is 5.65. The standard InChI is InChI=1S/C34H29N5O5/c1-34(2)43-27-25(19-18-22-12-6-3-7-13-22)42-33(28(27)44-34)38-21-37-26-29(38)35-20-36-30(26)39(31(40)23-14-8-4-9-15-23)32(41)24-16-10-5-11-17-24/h3-21,25,27-28,33H,1-2H3/b19-18+. The van der Waals surface area contributed by atoms with Crippen molar-refractivity contribution in [2.75, 3.05) is 4.90 Å². The molecule has 2 aromatic heterocycles. The number of hydrogen-bond acceptors (Lipinski definition) is 8. The molecule has 10 nitrogen and oxygen atoms in total. The second kappa shape index (κ2) is 11.2. The highest BCUT2D eigenvalue weighted by molar-refractivity contribution is 6.27. The molecule has 4 heterocycles. The molecular weight excluding hydrogens is 558 g/mol. The van der Waals surface area contributed by atoms with E-state index in [2.05, 4.69) is 15.0 Å². The zero-order valence-electron chi connectivity index (χ0n) is 24.1. The first kappa shape index (κ1) is 27.8.